The van der Waals surface area contributed by atoms with Crippen molar-refractivity contribution in [3.63, 3.8) is 0 Å². The molecule has 0 aliphatic heterocycles. The minimum atomic E-state index is -0.330. The Balaban J connectivity index is 1.78. The fourth-order valence-electron chi connectivity index (χ4n) is 2.49. The molecule has 1 aromatic heterocycles. The van der Waals surface area contributed by atoms with E-state index < -0.39 is 0 Å². The second-order valence-electron chi connectivity index (χ2n) is 4.82. The van der Waals surface area contributed by atoms with Gasteiger partial charge in [0, 0.05) is 11.9 Å². The predicted molar refractivity (Wildman–Crippen MR) is 74.2 cm³/mol. The van der Waals surface area contributed by atoms with Crippen molar-refractivity contribution in [2.45, 2.75) is 18.9 Å². The van der Waals surface area contributed by atoms with E-state index >= 15 is 0 Å². The van der Waals surface area contributed by atoms with Crippen LogP contribution >= 0.6 is 0 Å². The predicted octanol–water partition coefficient (Wildman–Crippen LogP) is 0.769. The van der Waals surface area contributed by atoms with Gasteiger partial charge in [-0.2, -0.15) is 0 Å². The van der Waals surface area contributed by atoms with Crippen LogP contribution in [0.15, 0.2) is 35.4 Å². The molecule has 1 amide bonds. The molecule has 20 heavy (non-hydrogen) atoms. The summed E-state index contributed by atoms with van der Waals surface area (Å²) in [6.07, 6.45) is 4.15. The molecule has 1 heterocycles. The van der Waals surface area contributed by atoms with Crippen LogP contribution in [0.1, 0.15) is 34.1 Å². The highest BCUT2D eigenvalue weighted by Crippen LogP contribution is 2.32. The molecule has 102 valence electrons. The summed E-state index contributed by atoms with van der Waals surface area (Å²) >= 11 is 0. The number of nitrogen functional groups attached to an aromatic ring is 1. The number of rotatable bonds is 2. The van der Waals surface area contributed by atoms with Crippen molar-refractivity contribution in [3.05, 3.63) is 57.8 Å². The SMILES string of the molecule is Nc1ccc2c(c1)CCC2NC(=O)c1c[nH]c(=O)cn1. The molecule has 0 fully saturated rings. The molecular formula is C14H14N4O2. The van der Waals surface area contributed by atoms with Crippen LogP contribution in [0.4, 0.5) is 5.69 Å². The Bertz CT molecular complexity index is 703. The van der Waals surface area contributed by atoms with Gasteiger partial charge in [-0.3, -0.25) is 9.59 Å². The first-order chi connectivity index (χ1) is 9.63. The van der Waals surface area contributed by atoms with E-state index in [1.165, 1.54) is 11.8 Å². The van der Waals surface area contributed by atoms with Gasteiger partial charge in [-0.1, -0.05) is 6.07 Å². The number of aromatic nitrogens is 2. The standard InChI is InChI=1S/C14H14N4O2/c15-9-2-3-10-8(5-9)1-4-11(10)18-14(20)12-6-17-13(19)7-16-12/h2-3,5-7,11H,1,4,15H2,(H,17,19)(H,18,20). The normalized spacial score (nSPS) is 16.7. The lowest BCUT2D eigenvalue weighted by molar-refractivity contribution is 0.0931. The van der Waals surface area contributed by atoms with E-state index in [4.69, 9.17) is 5.73 Å². The van der Waals surface area contributed by atoms with Gasteiger partial charge in [0.25, 0.3) is 11.5 Å². The number of nitrogens with zero attached hydrogens (tertiary/aromatic N) is 1. The van der Waals surface area contributed by atoms with Crippen molar-refractivity contribution < 1.29 is 4.79 Å². The molecule has 0 spiro atoms. The van der Waals surface area contributed by atoms with Gasteiger partial charge in [0.15, 0.2) is 0 Å². The van der Waals surface area contributed by atoms with E-state index in [-0.39, 0.29) is 23.2 Å². The van der Waals surface area contributed by atoms with Crippen LogP contribution in [-0.2, 0) is 6.42 Å². The van der Waals surface area contributed by atoms with Gasteiger partial charge in [-0.15, -0.1) is 0 Å². The minimum absolute atomic E-state index is 0.0353. The fourth-order valence-corrected chi connectivity index (χ4v) is 2.49. The van der Waals surface area contributed by atoms with E-state index in [1.54, 1.807) is 0 Å². The summed E-state index contributed by atoms with van der Waals surface area (Å²) in [7, 11) is 0. The smallest absolute Gasteiger partial charge is 0.271 e. The fraction of sp³-hybridized carbons (Fsp3) is 0.214. The highest BCUT2D eigenvalue weighted by Gasteiger charge is 2.24. The van der Waals surface area contributed by atoms with Crippen molar-refractivity contribution in [1.29, 1.82) is 0 Å². The monoisotopic (exact) mass is 270 g/mol. The van der Waals surface area contributed by atoms with Crippen molar-refractivity contribution in [2.75, 3.05) is 5.73 Å². The third kappa shape index (κ3) is 2.27. The number of fused-ring (bicyclic) bond motifs is 1. The van der Waals surface area contributed by atoms with Gasteiger partial charge >= 0.3 is 0 Å². The Labute approximate surface area is 115 Å². The summed E-state index contributed by atoms with van der Waals surface area (Å²) in [6, 6.07) is 5.69. The molecular weight excluding hydrogens is 256 g/mol. The van der Waals surface area contributed by atoms with Crippen LogP contribution in [0.25, 0.3) is 0 Å². The molecule has 0 bridgehead atoms. The zero-order chi connectivity index (χ0) is 14.1. The number of carbonyl (C=O) groups excluding carboxylic acids is 1. The van der Waals surface area contributed by atoms with Gasteiger partial charge in [-0.25, -0.2) is 4.98 Å². The van der Waals surface area contributed by atoms with Crippen molar-refractivity contribution in [3.8, 4) is 0 Å². The zero-order valence-corrected chi connectivity index (χ0v) is 10.7. The van der Waals surface area contributed by atoms with Gasteiger partial charge in [0.05, 0.1) is 12.2 Å². The van der Waals surface area contributed by atoms with Crippen molar-refractivity contribution in [2.24, 2.45) is 0 Å². The lowest BCUT2D eigenvalue weighted by Crippen LogP contribution is -2.28. The van der Waals surface area contributed by atoms with E-state index in [1.807, 2.05) is 18.2 Å². The second kappa shape index (κ2) is 4.80. The van der Waals surface area contributed by atoms with Gasteiger partial charge in [0.1, 0.15) is 5.69 Å². The van der Waals surface area contributed by atoms with E-state index in [0.717, 1.165) is 30.3 Å². The number of nitrogens with two attached hydrogens (primary N) is 1. The summed E-state index contributed by atoms with van der Waals surface area (Å²) < 4.78 is 0. The molecule has 1 aliphatic rings. The van der Waals surface area contributed by atoms with Gasteiger partial charge in [-0.05, 0) is 36.1 Å². The first-order valence-electron chi connectivity index (χ1n) is 6.37. The summed E-state index contributed by atoms with van der Waals surface area (Å²) in [5, 5.41) is 2.93. The summed E-state index contributed by atoms with van der Waals surface area (Å²) in [5.74, 6) is -0.295. The summed E-state index contributed by atoms with van der Waals surface area (Å²) in [4.78, 5) is 29.2. The van der Waals surface area contributed by atoms with E-state index in [9.17, 15) is 9.59 Å². The number of amides is 1. The quantitative estimate of drug-likeness (QED) is 0.701. The van der Waals surface area contributed by atoms with Gasteiger partial charge < -0.3 is 16.0 Å². The van der Waals surface area contributed by atoms with Crippen LogP contribution in [0, 0.1) is 0 Å². The highest BCUT2D eigenvalue weighted by atomic mass is 16.2. The topological polar surface area (TPSA) is 101 Å². The average molecular weight is 270 g/mol. The summed E-state index contributed by atoms with van der Waals surface area (Å²) in [5.41, 5.74) is 8.62. The lowest BCUT2D eigenvalue weighted by atomic mass is 10.1. The Hall–Kier alpha value is -2.63. The van der Waals surface area contributed by atoms with Crippen molar-refractivity contribution >= 4 is 11.6 Å². The number of carbonyl (C=O) groups is 1. The number of H-pyrrole nitrogens is 1. The largest absolute Gasteiger partial charge is 0.399 e. The van der Waals surface area contributed by atoms with E-state index in [0.29, 0.717) is 0 Å². The van der Waals surface area contributed by atoms with Crippen LogP contribution < -0.4 is 16.6 Å². The molecule has 3 rings (SSSR count). The molecule has 1 aliphatic carbocycles. The van der Waals surface area contributed by atoms with Crippen LogP contribution in [-0.4, -0.2) is 15.9 Å². The number of aryl methyl sites for hydroxylation is 1. The first-order valence-corrected chi connectivity index (χ1v) is 6.37. The third-order valence-electron chi connectivity index (χ3n) is 3.45. The van der Waals surface area contributed by atoms with Gasteiger partial charge in [0.2, 0.25) is 0 Å². The zero-order valence-electron chi connectivity index (χ0n) is 10.7. The Morgan fingerprint density at radius 3 is 3.05 bits per heavy atom. The molecule has 1 aromatic carbocycles. The second-order valence-corrected chi connectivity index (χ2v) is 4.82. The molecule has 2 aromatic rings. The van der Waals surface area contributed by atoms with E-state index in [2.05, 4.69) is 15.3 Å². The number of anilines is 1. The number of hydrogen-bond acceptors (Lipinski definition) is 4. The molecule has 6 heteroatoms. The Morgan fingerprint density at radius 1 is 1.45 bits per heavy atom. The number of aromatic amines is 1. The van der Waals surface area contributed by atoms with Crippen molar-refractivity contribution in [1.82, 2.24) is 15.3 Å². The average Bonchev–Trinajstić information content (AvgIpc) is 2.81. The van der Waals surface area contributed by atoms with Crippen LogP contribution in [0.5, 0.6) is 0 Å². The third-order valence-corrected chi connectivity index (χ3v) is 3.45. The maximum absolute atomic E-state index is 12.1. The molecule has 0 radical (unpaired) electrons. The number of hydrogen-bond donors (Lipinski definition) is 3. The highest BCUT2D eigenvalue weighted by molar-refractivity contribution is 5.92. The number of nitrogens with one attached hydrogen (secondary N) is 2. The molecule has 4 N–H and O–H groups in total. The maximum Gasteiger partial charge on any atom is 0.271 e. The molecule has 1 unspecified atom stereocenters. The Kier molecular flexibility index (Phi) is 2.98. The molecule has 1 atom stereocenters. The summed E-state index contributed by atoms with van der Waals surface area (Å²) in [6.45, 7) is 0. The molecule has 6 nitrogen and oxygen atoms in total. The van der Waals surface area contributed by atoms with Crippen LogP contribution in [0.3, 0.4) is 0 Å². The molecule has 0 saturated carbocycles. The lowest BCUT2D eigenvalue weighted by Gasteiger charge is -2.13. The first kappa shape index (κ1) is 12.4. The minimum Gasteiger partial charge on any atom is -0.399 e. The maximum atomic E-state index is 12.1. The molecule has 0 saturated heterocycles. The Morgan fingerprint density at radius 2 is 2.30 bits per heavy atom. The number of benzene rings is 1. The van der Waals surface area contributed by atoms with Crippen LogP contribution in [0.2, 0.25) is 0 Å².